The Morgan fingerprint density at radius 3 is 3.00 bits per heavy atom. The van der Waals surface area contributed by atoms with Crippen LogP contribution in [0.15, 0.2) is 18.5 Å². The van der Waals surface area contributed by atoms with Gasteiger partial charge in [0.1, 0.15) is 0 Å². The molecule has 3 rings (SSSR count). The molecule has 0 unspecified atom stereocenters. The van der Waals surface area contributed by atoms with Crippen molar-refractivity contribution in [3.8, 4) is 5.82 Å². The topological polar surface area (TPSA) is 98.3 Å². The maximum Gasteiger partial charge on any atom is 0.224 e. The number of fused-ring (bicyclic) bond motifs is 1. The standard InChI is InChI=1S/C9H9N7/c1-5-2-3-16(15-5)8-6-4-11-14-7(6)12-9(10)13-8/h2-4H,1H3,(H3,10,11,12,13,14). The number of anilines is 1. The van der Waals surface area contributed by atoms with Crippen LogP contribution >= 0.6 is 0 Å². The Morgan fingerprint density at radius 1 is 1.38 bits per heavy atom. The van der Waals surface area contributed by atoms with Crippen LogP contribution < -0.4 is 5.73 Å². The number of hydrogen-bond donors (Lipinski definition) is 2. The first kappa shape index (κ1) is 8.84. The van der Waals surface area contributed by atoms with Crippen molar-refractivity contribution in [2.24, 2.45) is 0 Å². The molecule has 3 aromatic rings. The molecule has 3 N–H and O–H groups in total. The average molecular weight is 215 g/mol. The third-order valence-corrected chi connectivity index (χ3v) is 2.25. The highest BCUT2D eigenvalue weighted by molar-refractivity contribution is 5.82. The molecule has 16 heavy (non-hydrogen) atoms. The number of hydrogen-bond acceptors (Lipinski definition) is 5. The van der Waals surface area contributed by atoms with E-state index in [1.165, 1.54) is 0 Å². The van der Waals surface area contributed by atoms with Crippen molar-refractivity contribution in [1.29, 1.82) is 0 Å². The van der Waals surface area contributed by atoms with Crippen LogP contribution in [0.3, 0.4) is 0 Å². The minimum Gasteiger partial charge on any atom is -0.368 e. The highest BCUT2D eigenvalue weighted by atomic mass is 15.3. The quantitative estimate of drug-likeness (QED) is 0.613. The van der Waals surface area contributed by atoms with Crippen molar-refractivity contribution in [2.75, 3.05) is 5.73 Å². The molecule has 0 aliphatic carbocycles. The number of nitrogens with two attached hydrogens (primary N) is 1. The summed E-state index contributed by atoms with van der Waals surface area (Å²) in [6, 6.07) is 1.89. The lowest BCUT2D eigenvalue weighted by Gasteiger charge is -2.02. The number of aromatic nitrogens is 6. The van der Waals surface area contributed by atoms with Crippen LogP contribution in [0.1, 0.15) is 5.69 Å². The van der Waals surface area contributed by atoms with E-state index in [-0.39, 0.29) is 5.95 Å². The van der Waals surface area contributed by atoms with Crippen molar-refractivity contribution in [3.63, 3.8) is 0 Å². The molecule has 0 aliphatic heterocycles. The molecule has 0 spiro atoms. The first-order valence-electron chi connectivity index (χ1n) is 4.73. The Kier molecular flexibility index (Phi) is 1.67. The van der Waals surface area contributed by atoms with Crippen LogP contribution in [0.4, 0.5) is 5.95 Å². The molecular weight excluding hydrogens is 206 g/mol. The minimum atomic E-state index is 0.194. The third-order valence-electron chi connectivity index (χ3n) is 2.25. The van der Waals surface area contributed by atoms with Gasteiger partial charge in [-0.1, -0.05) is 0 Å². The number of nitrogens with one attached hydrogen (secondary N) is 1. The van der Waals surface area contributed by atoms with Crippen molar-refractivity contribution in [2.45, 2.75) is 6.92 Å². The maximum absolute atomic E-state index is 5.62. The third kappa shape index (κ3) is 1.22. The van der Waals surface area contributed by atoms with Gasteiger partial charge in [-0.25, -0.2) is 4.68 Å². The summed E-state index contributed by atoms with van der Waals surface area (Å²) in [7, 11) is 0. The summed E-state index contributed by atoms with van der Waals surface area (Å²) in [6.07, 6.45) is 3.48. The van der Waals surface area contributed by atoms with Crippen LogP contribution in [0.2, 0.25) is 0 Å². The highest BCUT2D eigenvalue weighted by Gasteiger charge is 2.10. The zero-order valence-electron chi connectivity index (χ0n) is 8.55. The lowest BCUT2D eigenvalue weighted by Crippen LogP contribution is -2.04. The summed E-state index contributed by atoms with van der Waals surface area (Å²) in [5.41, 5.74) is 7.13. The van der Waals surface area contributed by atoms with Gasteiger partial charge < -0.3 is 5.73 Å². The monoisotopic (exact) mass is 215 g/mol. The van der Waals surface area contributed by atoms with Crippen LogP contribution in [0, 0.1) is 6.92 Å². The van der Waals surface area contributed by atoms with Crippen molar-refractivity contribution in [1.82, 2.24) is 29.9 Å². The summed E-state index contributed by atoms with van der Waals surface area (Å²) < 4.78 is 1.66. The maximum atomic E-state index is 5.62. The predicted molar refractivity (Wildman–Crippen MR) is 58.0 cm³/mol. The van der Waals surface area contributed by atoms with E-state index in [4.69, 9.17) is 5.73 Å². The number of nitrogen functional groups attached to an aromatic ring is 1. The van der Waals surface area contributed by atoms with Crippen molar-refractivity contribution in [3.05, 3.63) is 24.2 Å². The first-order valence-corrected chi connectivity index (χ1v) is 4.73. The van der Waals surface area contributed by atoms with Crippen LogP contribution in [0.25, 0.3) is 16.9 Å². The first-order chi connectivity index (χ1) is 7.74. The molecule has 0 aromatic carbocycles. The lowest BCUT2D eigenvalue weighted by atomic mass is 10.4. The molecule has 0 aliphatic rings. The van der Waals surface area contributed by atoms with E-state index in [0.29, 0.717) is 11.5 Å². The fourth-order valence-corrected chi connectivity index (χ4v) is 1.54. The Labute approximate surface area is 90.3 Å². The van der Waals surface area contributed by atoms with E-state index in [9.17, 15) is 0 Å². The largest absolute Gasteiger partial charge is 0.368 e. The Bertz CT molecular complexity index is 651. The van der Waals surface area contributed by atoms with Crippen molar-refractivity contribution < 1.29 is 0 Å². The van der Waals surface area contributed by atoms with Gasteiger partial charge in [0, 0.05) is 6.20 Å². The number of rotatable bonds is 1. The van der Waals surface area contributed by atoms with Gasteiger partial charge >= 0.3 is 0 Å². The van der Waals surface area contributed by atoms with Gasteiger partial charge in [-0.05, 0) is 13.0 Å². The normalized spacial score (nSPS) is 11.1. The molecule has 0 fully saturated rings. The summed E-state index contributed by atoms with van der Waals surface area (Å²) in [5.74, 6) is 0.823. The van der Waals surface area contributed by atoms with E-state index in [1.807, 2.05) is 19.2 Å². The van der Waals surface area contributed by atoms with Gasteiger partial charge in [0.15, 0.2) is 11.5 Å². The fraction of sp³-hybridized carbons (Fsp3) is 0.111. The predicted octanol–water partition coefficient (Wildman–Crippen LogP) is 0.429. The molecule has 3 aromatic heterocycles. The van der Waals surface area contributed by atoms with Crippen LogP contribution in [-0.2, 0) is 0 Å². The lowest BCUT2D eigenvalue weighted by molar-refractivity contribution is 0.838. The number of H-pyrrole nitrogens is 1. The van der Waals surface area contributed by atoms with Gasteiger partial charge in [-0.15, -0.1) is 0 Å². The minimum absolute atomic E-state index is 0.194. The van der Waals surface area contributed by atoms with E-state index >= 15 is 0 Å². The van der Waals surface area contributed by atoms with Gasteiger partial charge in [0.2, 0.25) is 5.95 Å². The van der Waals surface area contributed by atoms with E-state index < -0.39 is 0 Å². The highest BCUT2D eigenvalue weighted by Crippen LogP contribution is 2.17. The average Bonchev–Trinajstić information content (AvgIpc) is 2.84. The second kappa shape index (κ2) is 3.02. The molecule has 7 nitrogen and oxygen atoms in total. The van der Waals surface area contributed by atoms with Gasteiger partial charge in [0.05, 0.1) is 17.3 Å². The Morgan fingerprint density at radius 2 is 2.25 bits per heavy atom. The summed E-state index contributed by atoms with van der Waals surface area (Å²) in [4.78, 5) is 8.20. The molecule has 0 radical (unpaired) electrons. The molecule has 3 heterocycles. The van der Waals surface area contributed by atoms with Crippen LogP contribution in [0.5, 0.6) is 0 Å². The molecule has 80 valence electrons. The molecule has 7 heteroatoms. The molecule has 0 atom stereocenters. The number of aryl methyl sites for hydroxylation is 1. The van der Waals surface area contributed by atoms with E-state index in [2.05, 4.69) is 25.3 Å². The van der Waals surface area contributed by atoms with Crippen molar-refractivity contribution >= 4 is 17.0 Å². The number of nitrogens with zero attached hydrogens (tertiary/aromatic N) is 5. The smallest absolute Gasteiger partial charge is 0.224 e. The van der Waals surface area contributed by atoms with E-state index in [0.717, 1.165) is 11.1 Å². The molecule has 0 amide bonds. The van der Waals surface area contributed by atoms with Crippen LogP contribution in [-0.4, -0.2) is 29.9 Å². The second-order valence-electron chi connectivity index (χ2n) is 3.44. The summed E-state index contributed by atoms with van der Waals surface area (Å²) in [5, 5.41) is 11.7. The van der Waals surface area contributed by atoms with Gasteiger partial charge in [-0.2, -0.15) is 20.2 Å². The summed E-state index contributed by atoms with van der Waals surface area (Å²) >= 11 is 0. The molecule has 0 bridgehead atoms. The zero-order valence-corrected chi connectivity index (χ0v) is 8.55. The number of aromatic amines is 1. The van der Waals surface area contributed by atoms with Gasteiger partial charge in [-0.3, -0.25) is 5.10 Å². The zero-order chi connectivity index (χ0) is 11.1. The fourth-order valence-electron chi connectivity index (χ4n) is 1.54. The SMILES string of the molecule is Cc1ccn(-c2nc(N)nc3[nH]ncc23)n1. The molecule has 0 saturated carbocycles. The molecular formula is C9H9N7. The summed E-state index contributed by atoms with van der Waals surface area (Å²) in [6.45, 7) is 1.91. The Hall–Kier alpha value is -2.44. The Balaban J connectivity index is 2.33. The second-order valence-corrected chi connectivity index (χ2v) is 3.44. The van der Waals surface area contributed by atoms with E-state index in [1.54, 1.807) is 10.9 Å². The molecule has 0 saturated heterocycles. The van der Waals surface area contributed by atoms with Gasteiger partial charge in [0.25, 0.3) is 0 Å².